The molecule has 0 aliphatic carbocycles. The molecule has 1 aromatic carbocycles. The van der Waals surface area contributed by atoms with Crippen molar-refractivity contribution in [2.75, 3.05) is 13.2 Å². The second kappa shape index (κ2) is 5.67. The summed E-state index contributed by atoms with van der Waals surface area (Å²) in [6.45, 7) is 4.38. The molecule has 2 heterocycles. The molecule has 2 aromatic rings. The van der Waals surface area contributed by atoms with E-state index in [0.29, 0.717) is 12.2 Å². The molecule has 4 heteroatoms. The monoisotopic (exact) mass is 272 g/mol. The number of carbonyl (C=O) groups excluding carboxylic acids is 1. The topological polar surface area (TPSA) is 54.1 Å². The third-order valence-electron chi connectivity index (χ3n) is 3.82. The zero-order chi connectivity index (χ0) is 13.9. The fraction of sp³-hybridized carbons (Fsp3) is 0.438. The Kier molecular flexibility index (Phi) is 3.74. The Labute approximate surface area is 118 Å². The van der Waals surface area contributed by atoms with Crippen LogP contribution in [-0.4, -0.2) is 24.1 Å². The van der Waals surface area contributed by atoms with Crippen LogP contribution in [0.15, 0.2) is 18.2 Å². The molecule has 4 nitrogen and oxygen atoms in total. The van der Waals surface area contributed by atoms with Crippen molar-refractivity contribution in [2.45, 2.75) is 32.7 Å². The molecule has 20 heavy (non-hydrogen) atoms. The van der Waals surface area contributed by atoms with Gasteiger partial charge in [0, 0.05) is 36.1 Å². The lowest BCUT2D eigenvalue weighted by molar-refractivity contribution is 0.0502. The number of hydrogen-bond acceptors (Lipinski definition) is 3. The van der Waals surface area contributed by atoms with E-state index in [4.69, 9.17) is 4.74 Å². The summed E-state index contributed by atoms with van der Waals surface area (Å²) in [6, 6.07) is 5.80. The first kappa shape index (κ1) is 13.2. The van der Waals surface area contributed by atoms with Crippen molar-refractivity contribution >= 4 is 16.9 Å². The summed E-state index contributed by atoms with van der Waals surface area (Å²) < 4.78 is 5.36. The normalized spacial score (nSPS) is 14.2. The molecule has 1 aliphatic heterocycles. The number of carbonyl (C=O) groups is 1. The molecule has 2 N–H and O–H groups in total. The average Bonchev–Trinajstić information content (AvgIpc) is 2.85. The van der Waals surface area contributed by atoms with Gasteiger partial charge in [0.25, 0.3) is 0 Å². The van der Waals surface area contributed by atoms with E-state index < -0.39 is 0 Å². The minimum atomic E-state index is -0.212. The highest BCUT2D eigenvalue weighted by atomic mass is 16.5. The maximum Gasteiger partial charge on any atom is 0.338 e. The molecule has 3 rings (SSSR count). The van der Waals surface area contributed by atoms with Crippen molar-refractivity contribution in [3.63, 3.8) is 0 Å². The van der Waals surface area contributed by atoms with E-state index >= 15 is 0 Å². The molecule has 0 amide bonds. The van der Waals surface area contributed by atoms with Crippen LogP contribution in [0.1, 0.15) is 41.4 Å². The van der Waals surface area contributed by atoms with Crippen molar-refractivity contribution in [2.24, 2.45) is 0 Å². The maximum atomic E-state index is 12.3. The molecule has 0 saturated heterocycles. The van der Waals surface area contributed by atoms with Gasteiger partial charge < -0.3 is 15.0 Å². The largest absolute Gasteiger partial charge is 0.462 e. The van der Waals surface area contributed by atoms with Crippen LogP contribution in [0.25, 0.3) is 10.9 Å². The summed E-state index contributed by atoms with van der Waals surface area (Å²) in [5.41, 5.74) is 4.17. The Morgan fingerprint density at radius 1 is 1.40 bits per heavy atom. The lowest BCUT2D eigenvalue weighted by Gasteiger charge is -2.13. The highest BCUT2D eigenvalue weighted by Gasteiger charge is 2.20. The molecule has 0 bridgehead atoms. The van der Waals surface area contributed by atoms with Crippen LogP contribution in [0, 0.1) is 0 Å². The van der Waals surface area contributed by atoms with Gasteiger partial charge in [-0.2, -0.15) is 0 Å². The summed E-state index contributed by atoms with van der Waals surface area (Å²) in [5.74, 6) is -0.212. The second-order valence-electron chi connectivity index (χ2n) is 5.23. The van der Waals surface area contributed by atoms with Crippen molar-refractivity contribution in [1.82, 2.24) is 10.3 Å². The summed E-state index contributed by atoms with van der Waals surface area (Å²) in [7, 11) is 0. The molecule has 1 aromatic heterocycles. The highest BCUT2D eigenvalue weighted by molar-refractivity contribution is 6.05. The van der Waals surface area contributed by atoms with E-state index in [-0.39, 0.29) is 5.97 Å². The van der Waals surface area contributed by atoms with Crippen LogP contribution < -0.4 is 5.32 Å². The number of aromatic nitrogens is 1. The van der Waals surface area contributed by atoms with Crippen LogP contribution in [0.2, 0.25) is 0 Å². The molecule has 0 saturated carbocycles. The fourth-order valence-corrected chi connectivity index (χ4v) is 2.76. The standard InChI is InChI=1S/C16H20N2O2/c1-2-3-9-20-16(19)11-5-4-6-14-15(11)12-10-17-8-7-13(12)18-14/h4-6,17-18H,2-3,7-10H2,1H3. The number of rotatable bonds is 4. The van der Waals surface area contributed by atoms with Gasteiger partial charge in [-0.3, -0.25) is 0 Å². The Morgan fingerprint density at radius 3 is 3.15 bits per heavy atom. The lowest BCUT2D eigenvalue weighted by atomic mass is 10.0. The van der Waals surface area contributed by atoms with Crippen LogP contribution in [-0.2, 0) is 17.7 Å². The fourth-order valence-electron chi connectivity index (χ4n) is 2.76. The summed E-state index contributed by atoms with van der Waals surface area (Å²) >= 11 is 0. The zero-order valence-corrected chi connectivity index (χ0v) is 11.8. The van der Waals surface area contributed by atoms with Crippen LogP contribution >= 0.6 is 0 Å². The van der Waals surface area contributed by atoms with Crippen molar-refractivity contribution in [3.05, 3.63) is 35.0 Å². The minimum Gasteiger partial charge on any atom is -0.462 e. The van der Waals surface area contributed by atoms with Crippen molar-refractivity contribution < 1.29 is 9.53 Å². The van der Waals surface area contributed by atoms with Crippen LogP contribution in [0.4, 0.5) is 0 Å². The van der Waals surface area contributed by atoms with E-state index in [1.165, 1.54) is 11.3 Å². The molecule has 0 radical (unpaired) electrons. The number of benzene rings is 1. The minimum absolute atomic E-state index is 0.212. The first-order valence-electron chi connectivity index (χ1n) is 7.31. The van der Waals surface area contributed by atoms with Gasteiger partial charge in [-0.1, -0.05) is 19.4 Å². The van der Waals surface area contributed by atoms with E-state index in [1.54, 1.807) is 0 Å². The predicted octanol–water partition coefficient (Wildman–Crippen LogP) is 2.77. The molecule has 106 valence electrons. The Bertz CT molecular complexity index is 631. The van der Waals surface area contributed by atoms with E-state index in [9.17, 15) is 4.79 Å². The Morgan fingerprint density at radius 2 is 2.30 bits per heavy atom. The van der Waals surface area contributed by atoms with Gasteiger partial charge in [-0.25, -0.2) is 4.79 Å². The molecule has 0 unspecified atom stereocenters. The van der Waals surface area contributed by atoms with E-state index in [0.717, 1.165) is 43.3 Å². The molecular formula is C16H20N2O2. The number of esters is 1. The number of fused-ring (bicyclic) bond motifs is 3. The first-order valence-corrected chi connectivity index (χ1v) is 7.31. The number of ether oxygens (including phenoxy) is 1. The van der Waals surface area contributed by atoms with Gasteiger partial charge in [0.05, 0.1) is 12.2 Å². The summed E-state index contributed by atoms with van der Waals surface area (Å²) in [4.78, 5) is 15.7. The predicted molar refractivity (Wildman–Crippen MR) is 78.9 cm³/mol. The van der Waals surface area contributed by atoms with Crippen LogP contribution in [0.3, 0.4) is 0 Å². The number of nitrogens with one attached hydrogen (secondary N) is 2. The number of hydrogen-bond donors (Lipinski definition) is 2. The summed E-state index contributed by atoms with van der Waals surface area (Å²) in [5, 5.41) is 4.39. The molecule has 0 atom stereocenters. The van der Waals surface area contributed by atoms with Crippen molar-refractivity contribution in [3.8, 4) is 0 Å². The molecule has 0 spiro atoms. The third-order valence-corrected chi connectivity index (χ3v) is 3.82. The van der Waals surface area contributed by atoms with Gasteiger partial charge in [-0.05, 0) is 24.1 Å². The molecule has 0 fully saturated rings. The van der Waals surface area contributed by atoms with E-state index in [2.05, 4.69) is 17.2 Å². The SMILES string of the molecule is CCCCOC(=O)c1cccc2[nH]c3c(c12)CNCC3. The molecular weight excluding hydrogens is 252 g/mol. The first-order chi connectivity index (χ1) is 9.81. The lowest BCUT2D eigenvalue weighted by Crippen LogP contribution is -2.23. The third kappa shape index (κ3) is 2.31. The number of unbranched alkanes of at least 4 members (excludes halogenated alkanes) is 1. The quantitative estimate of drug-likeness (QED) is 0.664. The zero-order valence-electron chi connectivity index (χ0n) is 11.8. The van der Waals surface area contributed by atoms with Crippen molar-refractivity contribution in [1.29, 1.82) is 0 Å². The second-order valence-corrected chi connectivity index (χ2v) is 5.23. The smallest absolute Gasteiger partial charge is 0.338 e. The number of H-pyrrole nitrogens is 1. The average molecular weight is 272 g/mol. The summed E-state index contributed by atoms with van der Waals surface area (Å²) in [6.07, 6.45) is 2.92. The maximum absolute atomic E-state index is 12.3. The Hall–Kier alpha value is -1.81. The van der Waals surface area contributed by atoms with E-state index in [1.807, 2.05) is 18.2 Å². The Balaban J connectivity index is 1.98. The van der Waals surface area contributed by atoms with Gasteiger partial charge in [-0.15, -0.1) is 0 Å². The van der Waals surface area contributed by atoms with Gasteiger partial charge in [0.1, 0.15) is 0 Å². The number of aromatic amines is 1. The van der Waals surface area contributed by atoms with Gasteiger partial charge >= 0.3 is 5.97 Å². The van der Waals surface area contributed by atoms with Gasteiger partial charge in [0.15, 0.2) is 0 Å². The highest BCUT2D eigenvalue weighted by Crippen LogP contribution is 2.28. The van der Waals surface area contributed by atoms with Crippen LogP contribution in [0.5, 0.6) is 0 Å². The van der Waals surface area contributed by atoms with Gasteiger partial charge in [0.2, 0.25) is 0 Å². The molecule has 1 aliphatic rings.